The van der Waals surface area contributed by atoms with Crippen molar-refractivity contribution in [2.75, 3.05) is 13.2 Å². The number of carboxylic acids is 1. The number of carbonyl (C=O) groups is 5. The number of nitrogens with one attached hydrogen (secondary N) is 3. The maximum atomic E-state index is 12.9. The molecule has 0 heterocycles. The number of nitrogens with two attached hydrogens (primary N) is 3. The van der Waals surface area contributed by atoms with Crippen LogP contribution in [0.15, 0.2) is 0 Å². The summed E-state index contributed by atoms with van der Waals surface area (Å²) in [5.74, 6) is -4.11. The summed E-state index contributed by atoms with van der Waals surface area (Å²) in [6, 6.07) is -4.70. The number of aliphatic hydroxyl groups is 1. The molecule has 4 amide bonds. The molecule has 0 bridgehead atoms. The van der Waals surface area contributed by atoms with Gasteiger partial charge < -0.3 is 43.4 Å². The van der Waals surface area contributed by atoms with Crippen LogP contribution in [-0.2, 0) is 24.0 Å². The number of carbonyl (C=O) groups excluding carboxylic acids is 4. The van der Waals surface area contributed by atoms with Crippen molar-refractivity contribution in [1.82, 2.24) is 16.0 Å². The largest absolute Gasteiger partial charge is 0.480 e. The first-order valence-corrected chi connectivity index (χ1v) is 10.9. The maximum absolute atomic E-state index is 12.9. The Balaban J connectivity index is 5.39. The van der Waals surface area contributed by atoms with Gasteiger partial charge in [0.15, 0.2) is 0 Å². The van der Waals surface area contributed by atoms with Gasteiger partial charge in [0.2, 0.25) is 23.6 Å². The topological polar surface area (TPSA) is 240 Å². The average Bonchev–Trinajstić information content (AvgIpc) is 2.73. The first-order chi connectivity index (χ1) is 15.4. The summed E-state index contributed by atoms with van der Waals surface area (Å²) < 4.78 is 0. The number of hydrogen-bond donors (Lipinski definition) is 8. The Labute approximate surface area is 193 Å². The molecule has 0 aromatic heterocycles. The zero-order valence-electron chi connectivity index (χ0n) is 19.2. The molecule has 4 unspecified atom stereocenters. The summed E-state index contributed by atoms with van der Waals surface area (Å²) in [5.41, 5.74) is 16.3. The molecule has 0 saturated carbocycles. The normalized spacial score (nSPS) is 14.6. The minimum atomic E-state index is -1.53. The molecule has 0 aromatic rings. The zero-order valence-corrected chi connectivity index (χ0v) is 19.2. The number of aliphatic hydroxyl groups excluding tert-OH is 1. The summed E-state index contributed by atoms with van der Waals surface area (Å²) in [4.78, 5) is 59.9. The van der Waals surface area contributed by atoms with Crippen molar-refractivity contribution in [3.63, 3.8) is 0 Å². The van der Waals surface area contributed by atoms with Crippen LogP contribution in [0.3, 0.4) is 0 Å². The molecule has 13 nitrogen and oxygen atoms in total. The van der Waals surface area contributed by atoms with Gasteiger partial charge in [0, 0.05) is 6.42 Å². The number of amides is 4. The van der Waals surface area contributed by atoms with Crippen LogP contribution in [-0.4, -0.2) is 77.1 Å². The number of unbranched alkanes of at least 4 members (excludes halogenated alkanes) is 1. The Hall–Kier alpha value is -2.77. The van der Waals surface area contributed by atoms with E-state index < -0.39 is 60.4 Å². The van der Waals surface area contributed by atoms with Gasteiger partial charge in [-0.25, -0.2) is 4.79 Å². The molecule has 190 valence electrons. The highest BCUT2D eigenvalue weighted by Gasteiger charge is 2.30. The van der Waals surface area contributed by atoms with E-state index in [1.165, 1.54) is 0 Å². The Morgan fingerprint density at radius 1 is 0.848 bits per heavy atom. The van der Waals surface area contributed by atoms with Crippen molar-refractivity contribution >= 4 is 29.6 Å². The predicted octanol–water partition coefficient (Wildman–Crippen LogP) is -2.71. The second kappa shape index (κ2) is 15.9. The lowest BCUT2D eigenvalue weighted by atomic mass is 10.0. The van der Waals surface area contributed by atoms with Crippen LogP contribution >= 0.6 is 0 Å². The number of hydrogen-bond acceptors (Lipinski definition) is 8. The van der Waals surface area contributed by atoms with Crippen molar-refractivity contribution in [2.24, 2.45) is 23.1 Å². The minimum Gasteiger partial charge on any atom is -0.480 e. The number of rotatable bonds is 17. The standard InChI is InChI=1S/C20H38N6O7/c1-11(2)9-14(25-17(29)12(22)6-7-16(23)28)19(31)24-13(5-3-4-8-21)18(30)26-15(10-27)20(32)33/h11-15,27H,3-10,21-22H2,1-2H3,(H2,23,28)(H,24,31)(H,25,29)(H,26,30)(H,32,33). The highest BCUT2D eigenvalue weighted by atomic mass is 16.4. The van der Waals surface area contributed by atoms with E-state index >= 15 is 0 Å². The van der Waals surface area contributed by atoms with Crippen LogP contribution in [0.4, 0.5) is 0 Å². The van der Waals surface area contributed by atoms with Gasteiger partial charge in [0.1, 0.15) is 18.1 Å². The number of aliphatic carboxylic acids is 1. The summed E-state index contributed by atoms with van der Waals surface area (Å²) in [7, 11) is 0. The van der Waals surface area contributed by atoms with Gasteiger partial charge >= 0.3 is 5.97 Å². The first-order valence-electron chi connectivity index (χ1n) is 10.9. The van der Waals surface area contributed by atoms with Crippen molar-refractivity contribution in [1.29, 1.82) is 0 Å². The van der Waals surface area contributed by atoms with E-state index in [9.17, 15) is 24.0 Å². The maximum Gasteiger partial charge on any atom is 0.328 e. The van der Waals surface area contributed by atoms with Crippen LogP contribution in [0.2, 0.25) is 0 Å². The monoisotopic (exact) mass is 474 g/mol. The Kier molecular flexibility index (Phi) is 14.6. The van der Waals surface area contributed by atoms with Crippen molar-refractivity contribution < 1.29 is 34.2 Å². The summed E-state index contributed by atoms with van der Waals surface area (Å²) >= 11 is 0. The van der Waals surface area contributed by atoms with Gasteiger partial charge in [-0.3, -0.25) is 19.2 Å². The third-order valence-corrected chi connectivity index (χ3v) is 4.76. The van der Waals surface area contributed by atoms with E-state index in [-0.39, 0.29) is 31.6 Å². The van der Waals surface area contributed by atoms with Gasteiger partial charge in [-0.05, 0) is 44.6 Å². The predicted molar refractivity (Wildman–Crippen MR) is 119 cm³/mol. The van der Waals surface area contributed by atoms with Crippen molar-refractivity contribution in [3.05, 3.63) is 0 Å². The Morgan fingerprint density at radius 2 is 1.39 bits per heavy atom. The smallest absolute Gasteiger partial charge is 0.328 e. The quantitative estimate of drug-likeness (QED) is 0.102. The average molecular weight is 475 g/mol. The molecule has 0 spiro atoms. The zero-order chi connectivity index (χ0) is 25.6. The van der Waals surface area contributed by atoms with Gasteiger partial charge in [-0.15, -0.1) is 0 Å². The van der Waals surface area contributed by atoms with Gasteiger partial charge in [-0.2, -0.15) is 0 Å². The lowest BCUT2D eigenvalue weighted by molar-refractivity contribution is -0.143. The molecular formula is C20H38N6O7. The molecule has 0 saturated heterocycles. The van der Waals surface area contributed by atoms with Crippen molar-refractivity contribution in [2.45, 2.75) is 76.5 Å². The highest BCUT2D eigenvalue weighted by Crippen LogP contribution is 2.08. The second-order valence-electron chi connectivity index (χ2n) is 8.23. The molecule has 0 rings (SSSR count). The molecular weight excluding hydrogens is 436 g/mol. The third kappa shape index (κ3) is 12.7. The van der Waals surface area contributed by atoms with Gasteiger partial charge in [-0.1, -0.05) is 13.8 Å². The van der Waals surface area contributed by atoms with E-state index in [0.717, 1.165) is 0 Å². The minimum absolute atomic E-state index is 0.00168. The van der Waals surface area contributed by atoms with E-state index in [0.29, 0.717) is 19.4 Å². The molecule has 13 heteroatoms. The Morgan fingerprint density at radius 3 is 1.88 bits per heavy atom. The summed E-state index contributed by atoms with van der Waals surface area (Å²) in [6.07, 6.45) is 1.39. The fraction of sp³-hybridized carbons (Fsp3) is 0.750. The van der Waals surface area contributed by atoms with Crippen LogP contribution in [0.5, 0.6) is 0 Å². The molecule has 0 fully saturated rings. The lowest BCUT2D eigenvalue weighted by Gasteiger charge is -2.26. The molecule has 4 atom stereocenters. The van der Waals surface area contributed by atoms with E-state index in [1.54, 1.807) is 0 Å². The molecule has 0 aliphatic carbocycles. The molecule has 11 N–H and O–H groups in total. The van der Waals surface area contributed by atoms with Crippen LogP contribution in [0.25, 0.3) is 0 Å². The lowest BCUT2D eigenvalue weighted by Crippen LogP contribution is -2.57. The Bertz CT molecular complexity index is 673. The number of primary amides is 1. The fourth-order valence-electron chi connectivity index (χ4n) is 2.90. The fourth-order valence-corrected chi connectivity index (χ4v) is 2.90. The third-order valence-electron chi connectivity index (χ3n) is 4.76. The molecule has 0 radical (unpaired) electrons. The van der Waals surface area contributed by atoms with Gasteiger partial charge in [0.05, 0.1) is 12.6 Å². The van der Waals surface area contributed by atoms with E-state index in [1.807, 2.05) is 13.8 Å². The summed E-state index contributed by atoms with van der Waals surface area (Å²) in [6.45, 7) is 3.22. The molecule has 0 aromatic carbocycles. The van der Waals surface area contributed by atoms with E-state index in [2.05, 4.69) is 16.0 Å². The molecule has 33 heavy (non-hydrogen) atoms. The van der Waals surface area contributed by atoms with Crippen LogP contribution < -0.4 is 33.2 Å². The van der Waals surface area contributed by atoms with Crippen LogP contribution in [0.1, 0.15) is 52.4 Å². The van der Waals surface area contributed by atoms with Crippen molar-refractivity contribution in [3.8, 4) is 0 Å². The second-order valence-corrected chi connectivity index (χ2v) is 8.23. The molecule has 0 aliphatic rings. The molecule has 0 aliphatic heterocycles. The van der Waals surface area contributed by atoms with Gasteiger partial charge in [0.25, 0.3) is 0 Å². The highest BCUT2D eigenvalue weighted by molar-refractivity contribution is 5.94. The summed E-state index contributed by atoms with van der Waals surface area (Å²) in [5, 5.41) is 25.5. The van der Waals surface area contributed by atoms with Crippen LogP contribution in [0, 0.1) is 5.92 Å². The van der Waals surface area contributed by atoms with E-state index in [4.69, 9.17) is 27.4 Å². The SMILES string of the molecule is CC(C)CC(NC(=O)C(N)CCC(N)=O)C(=O)NC(CCCCN)C(=O)NC(CO)C(=O)O. The first kappa shape index (κ1) is 30.2. The number of carboxylic acid groups (broad SMARTS) is 1.